The van der Waals surface area contributed by atoms with Gasteiger partial charge < -0.3 is 9.88 Å². The fourth-order valence-electron chi connectivity index (χ4n) is 2.55. The van der Waals surface area contributed by atoms with Crippen molar-refractivity contribution in [1.29, 1.82) is 0 Å². The van der Waals surface area contributed by atoms with E-state index in [4.69, 9.17) is 0 Å². The van der Waals surface area contributed by atoms with Gasteiger partial charge in [-0.25, -0.2) is 4.39 Å². The van der Waals surface area contributed by atoms with Crippen molar-refractivity contribution in [3.05, 3.63) is 90.5 Å². The van der Waals surface area contributed by atoms with Crippen LogP contribution in [-0.4, -0.2) is 10.5 Å². The molecule has 1 N–H and O–H groups in total. The lowest BCUT2D eigenvalue weighted by Crippen LogP contribution is -2.19. The SMILES string of the molecule is O=C(CC(c1ccc(F)cc1)n1cccc1)Nc1ccccc1. The maximum Gasteiger partial charge on any atom is 0.226 e. The van der Waals surface area contributed by atoms with Gasteiger partial charge in [-0.15, -0.1) is 0 Å². The van der Waals surface area contributed by atoms with Crippen LogP contribution in [0.15, 0.2) is 79.1 Å². The van der Waals surface area contributed by atoms with Crippen LogP contribution in [0.3, 0.4) is 0 Å². The molecule has 1 heterocycles. The van der Waals surface area contributed by atoms with Crippen LogP contribution in [0.4, 0.5) is 10.1 Å². The molecule has 0 aliphatic carbocycles. The first-order chi connectivity index (χ1) is 11.2. The largest absolute Gasteiger partial charge is 0.346 e. The van der Waals surface area contributed by atoms with Crippen molar-refractivity contribution in [2.24, 2.45) is 0 Å². The molecule has 0 saturated carbocycles. The Balaban J connectivity index is 1.79. The van der Waals surface area contributed by atoms with Gasteiger partial charge in [0.1, 0.15) is 5.82 Å². The Morgan fingerprint density at radius 1 is 0.957 bits per heavy atom. The first-order valence-corrected chi connectivity index (χ1v) is 7.45. The summed E-state index contributed by atoms with van der Waals surface area (Å²) in [4.78, 5) is 12.4. The molecule has 3 nitrogen and oxygen atoms in total. The molecule has 1 aromatic heterocycles. The zero-order chi connectivity index (χ0) is 16.1. The highest BCUT2D eigenvalue weighted by Gasteiger charge is 2.17. The smallest absolute Gasteiger partial charge is 0.226 e. The standard InChI is InChI=1S/C19H17FN2O/c20-16-10-8-15(9-11-16)18(22-12-4-5-13-22)14-19(23)21-17-6-2-1-3-7-17/h1-13,18H,14H2,(H,21,23). The maximum absolute atomic E-state index is 13.2. The van der Waals surface area contributed by atoms with Gasteiger partial charge in [-0.1, -0.05) is 30.3 Å². The van der Waals surface area contributed by atoms with Crippen molar-refractivity contribution in [2.75, 3.05) is 5.32 Å². The zero-order valence-electron chi connectivity index (χ0n) is 12.5. The minimum Gasteiger partial charge on any atom is -0.346 e. The molecule has 4 heteroatoms. The molecule has 2 aromatic carbocycles. The van der Waals surface area contributed by atoms with Crippen molar-refractivity contribution in [3.63, 3.8) is 0 Å². The number of nitrogens with zero attached hydrogens (tertiary/aromatic N) is 1. The molecular formula is C19H17FN2O. The lowest BCUT2D eigenvalue weighted by Gasteiger charge is -2.19. The van der Waals surface area contributed by atoms with Crippen molar-refractivity contribution >= 4 is 11.6 Å². The van der Waals surface area contributed by atoms with E-state index in [0.717, 1.165) is 11.3 Å². The highest BCUT2D eigenvalue weighted by atomic mass is 19.1. The van der Waals surface area contributed by atoms with Crippen LogP contribution in [0.2, 0.25) is 0 Å². The van der Waals surface area contributed by atoms with E-state index in [2.05, 4.69) is 5.32 Å². The summed E-state index contributed by atoms with van der Waals surface area (Å²) in [7, 11) is 0. The number of benzene rings is 2. The average molecular weight is 308 g/mol. The number of anilines is 1. The Morgan fingerprint density at radius 2 is 1.61 bits per heavy atom. The Kier molecular flexibility index (Phi) is 4.52. The Bertz CT molecular complexity index is 752. The number of halogens is 1. The van der Waals surface area contributed by atoms with Crippen LogP contribution in [0.5, 0.6) is 0 Å². The predicted octanol–water partition coefficient (Wildman–Crippen LogP) is 4.25. The Labute approximate surface area is 134 Å². The number of amides is 1. The molecule has 0 aliphatic heterocycles. The van der Waals surface area contributed by atoms with Crippen molar-refractivity contribution in [2.45, 2.75) is 12.5 Å². The zero-order valence-corrected chi connectivity index (χ0v) is 12.5. The van der Waals surface area contributed by atoms with Crippen molar-refractivity contribution < 1.29 is 9.18 Å². The Morgan fingerprint density at radius 3 is 2.26 bits per heavy atom. The molecule has 0 fully saturated rings. The molecular weight excluding hydrogens is 291 g/mol. The number of rotatable bonds is 5. The molecule has 3 aromatic rings. The number of nitrogens with one attached hydrogen (secondary N) is 1. The van der Waals surface area contributed by atoms with E-state index in [1.165, 1.54) is 12.1 Å². The van der Waals surface area contributed by atoms with Gasteiger partial charge in [0, 0.05) is 18.1 Å². The summed E-state index contributed by atoms with van der Waals surface area (Å²) in [5, 5.41) is 2.89. The fourth-order valence-corrected chi connectivity index (χ4v) is 2.55. The summed E-state index contributed by atoms with van der Waals surface area (Å²) in [5.74, 6) is -0.368. The van der Waals surface area contributed by atoms with Gasteiger partial charge in [0.25, 0.3) is 0 Å². The van der Waals surface area contributed by atoms with Gasteiger partial charge in [-0.05, 0) is 42.0 Å². The van der Waals surface area contributed by atoms with Gasteiger partial charge in [-0.2, -0.15) is 0 Å². The van der Waals surface area contributed by atoms with E-state index < -0.39 is 0 Å². The molecule has 1 amide bonds. The molecule has 0 radical (unpaired) electrons. The van der Waals surface area contributed by atoms with Gasteiger partial charge in [-0.3, -0.25) is 4.79 Å². The molecule has 23 heavy (non-hydrogen) atoms. The normalized spacial score (nSPS) is 11.9. The minimum atomic E-state index is -0.284. The van der Waals surface area contributed by atoms with Crippen LogP contribution < -0.4 is 5.32 Å². The third-order valence-corrected chi connectivity index (χ3v) is 3.68. The first-order valence-electron chi connectivity index (χ1n) is 7.45. The molecule has 0 spiro atoms. The van der Waals surface area contributed by atoms with E-state index in [9.17, 15) is 9.18 Å². The quantitative estimate of drug-likeness (QED) is 0.751. The lowest BCUT2D eigenvalue weighted by atomic mass is 10.0. The third kappa shape index (κ3) is 3.86. The lowest BCUT2D eigenvalue weighted by molar-refractivity contribution is -0.116. The van der Waals surface area contributed by atoms with Crippen LogP contribution in [0.1, 0.15) is 18.0 Å². The summed E-state index contributed by atoms with van der Waals surface area (Å²) in [6, 6.07) is 19.3. The summed E-state index contributed by atoms with van der Waals surface area (Å²) in [5.41, 5.74) is 1.66. The molecule has 1 unspecified atom stereocenters. The molecule has 0 bridgehead atoms. The summed E-state index contributed by atoms with van der Waals surface area (Å²) >= 11 is 0. The second-order valence-electron chi connectivity index (χ2n) is 5.32. The van der Waals surface area contributed by atoms with Gasteiger partial charge in [0.05, 0.1) is 12.5 Å². The van der Waals surface area contributed by atoms with E-state index in [-0.39, 0.29) is 24.2 Å². The van der Waals surface area contributed by atoms with Crippen molar-refractivity contribution in [3.8, 4) is 0 Å². The number of para-hydroxylation sites is 1. The number of hydrogen-bond acceptors (Lipinski definition) is 1. The third-order valence-electron chi connectivity index (χ3n) is 3.68. The number of aromatic nitrogens is 1. The summed E-state index contributed by atoms with van der Waals surface area (Å²) in [6.45, 7) is 0. The topological polar surface area (TPSA) is 34.0 Å². The highest BCUT2D eigenvalue weighted by Crippen LogP contribution is 2.23. The van der Waals surface area contributed by atoms with Gasteiger partial charge >= 0.3 is 0 Å². The molecule has 3 rings (SSSR count). The maximum atomic E-state index is 13.2. The second kappa shape index (κ2) is 6.92. The van der Waals surface area contributed by atoms with E-state index >= 15 is 0 Å². The second-order valence-corrected chi connectivity index (χ2v) is 5.32. The van der Waals surface area contributed by atoms with Gasteiger partial charge in [0.15, 0.2) is 0 Å². The monoisotopic (exact) mass is 308 g/mol. The number of carbonyl (C=O) groups is 1. The number of hydrogen-bond donors (Lipinski definition) is 1. The minimum absolute atomic E-state index is 0.0841. The molecule has 1 atom stereocenters. The average Bonchev–Trinajstić information content (AvgIpc) is 3.09. The van der Waals surface area contributed by atoms with Crippen LogP contribution >= 0.6 is 0 Å². The van der Waals surface area contributed by atoms with E-state index in [0.29, 0.717) is 0 Å². The van der Waals surface area contributed by atoms with Crippen molar-refractivity contribution in [1.82, 2.24) is 4.57 Å². The van der Waals surface area contributed by atoms with Crippen LogP contribution in [0.25, 0.3) is 0 Å². The van der Waals surface area contributed by atoms with Crippen LogP contribution in [-0.2, 0) is 4.79 Å². The summed E-state index contributed by atoms with van der Waals surface area (Å²) in [6.07, 6.45) is 4.09. The van der Waals surface area contributed by atoms with Crippen LogP contribution in [0, 0.1) is 5.82 Å². The summed E-state index contributed by atoms with van der Waals surface area (Å²) < 4.78 is 15.1. The highest BCUT2D eigenvalue weighted by molar-refractivity contribution is 5.91. The molecule has 116 valence electrons. The fraction of sp³-hybridized carbons (Fsp3) is 0.105. The Hall–Kier alpha value is -2.88. The molecule has 0 saturated heterocycles. The number of carbonyl (C=O) groups excluding carboxylic acids is 1. The van der Waals surface area contributed by atoms with E-state index in [1.807, 2.05) is 59.4 Å². The molecule has 0 aliphatic rings. The first kappa shape index (κ1) is 15.0. The van der Waals surface area contributed by atoms with Gasteiger partial charge in [0.2, 0.25) is 5.91 Å². The van der Waals surface area contributed by atoms with E-state index in [1.54, 1.807) is 12.1 Å². The predicted molar refractivity (Wildman–Crippen MR) is 88.7 cm³/mol.